The van der Waals surface area contributed by atoms with Crippen molar-refractivity contribution in [3.8, 4) is 5.75 Å². The number of hydrogen-bond donors (Lipinski definition) is 1. The molecule has 0 aliphatic rings. The van der Waals surface area contributed by atoms with E-state index in [2.05, 4.69) is 21.2 Å². The fourth-order valence-corrected chi connectivity index (χ4v) is 2.12. The first-order valence-corrected chi connectivity index (χ1v) is 6.83. The van der Waals surface area contributed by atoms with Gasteiger partial charge < -0.3 is 10.1 Å². The van der Waals surface area contributed by atoms with Crippen LogP contribution in [-0.4, -0.2) is 12.0 Å². The lowest BCUT2D eigenvalue weighted by Gasteiger charge is -2.09. The summed E-state index contributed by atoms with van der Waals surface area (Å²) in [5.74, 6) is 0.141. The number of nitro benzene ring substituents is 1. The van der Waals surface area contributed by atoms with E-state index in [-0.39, 0.29) is 18.1 Å². The Labute approximate surface area is 129 Å². The van der Waals surface area contributed by atoms with Crippen LogP contribution in [-0.2, 0) is 6.61 Å². The molecule has 2 aromatic rings. The fraction of sp³-hybridized carbons (Fsp3) is 0.143. The van der Waals surface area contributed by atoms with Gasteiger partial charge in [-0.25, -0.2) is 4.39 Å². The smallest absolute Gasteiger partial charge is 0.292 e. The molecule has 5 nitrogen and oxygen atoms in total. The lowest BCUT2D eigenvalue weighted by molar-refractivity contribution is -0.384. The molecule has 110 valence electrons. The first kappa shape index (κ1) is 15.2. The molecule has 0 saturated heterocycles. The number of benzene rings is 2. The van der Waals surface area contributed by atoms with Gasteiger partial charge in [-0.2, -0.15) is 0 Å². The number of nitro groups is 1. The van der Waals surface area contributed by atoms with Crippen LogP contribution in [0.1, 0.15) is 5.56 Å². The largest absolute Gasteiger partial charge is 0.489 e. The normalized spacial score (nSPS) is 10.2. The van der Waals surface area contributed by atoms with Gasteiger partial charge in [0.25, 0.3) is 5.69 Å². The van der Waals surface area contributed by atoms with Crippen molar-refractivity contribution in [2.75, 3.05) is 12.4 Å². The van der Waals surface area contributed by atoms with Crippen molar-refractivity contribution in [2.24, 2.45) is 0 Å². The van der Waals surface area contributed by atoms with Gasteiger partial charge in [-0.3, -0.25) is 10.1 Å². The van der Waals surface area contributed by atoms with Crippen molar-refractivity contribution in [1.29, 1.82) is 0 Å². The molecule has 0 bridgehead atoms. The molecule has 0 fully saturated rings. The summed E-state index contributed by atoms with van der Waals surface area (Å²) in [5.41, 5.74) is 1.19. The zero-order valence-electron chi connectivity index (χ0n) is 11.1. The zero-order chi connectivity index (χ0) is 15.4. The number of rotatable bonds is 5. The first-order valence-electron chi connectivity index (χ1n) is 6.04. The number of halogens is 2. The Kier molecular flexibility index (Phi) is 4.74. The summed E-state index contributed by atoms with van der Waals surface area (Å²) in [6.45, 7) is 0.227. The Balaban J connectivity index is 2.13. The molecule has 1 N–H and O–H groups in total. The predicted molar refractivity (Wildman–Crippen MR) is 81.1 cm³/mol. The summed E-state index contributed by atoms with van der Waals surface area (Å²) in [7, 11) is 1.62. The second-order valence-corrected chi connectivity index (χ2v) is 5.08. The fourth-order valence-electron chi connectivity index (χ4n) is 1.77. The molecular formula is C14H12BrFN2O3. The van der Waals surface area contributed by atoms with Crippen LogP contribution >= 0.6 is 15.9 Å². The second-order valence-electron chi connectivity index (χ2n) is 4.22. The standard InChI is InChI=1S/C14H12BrFN2O3/c1-17-13-6-9(2-5-14(13)18(19)20)8-21-10-3-4-12(16)11(15)7-10/h2-7,17H,8H2,1H3. The zero-order valence-corrected chi connectivity index (χ0v) is 12.7. The van der Waals surface area contributed by atoms with Crippen molar-refractivity contribution in [3.63, 3.8) is 0 Å². The number of ether oxygens (including phenoxy) is 1. The number of hydrogen-bond acceptors (Lipinski definition) is 4. The lowest BCUT2D eigenvalue weighted by atomic mass is 10.2. The summed E-state index contributed by atoms with van der Waals surface area (Å²) >= 11 is 3.08. The third-order valence-corrected chi connectivity index (χ3v) is 3.43. The Hall–Kier alpha value is -2.15. The number of nitrogens with zero attached hydrogens (tertiary/aromatic N) is 1. The van der Waals surface area contributed by atoms with Crippen LogP contribution in [0, 0.1) is 15.9 Å². The average molecular weight is 355 g/mol. The topological polar surface area (TPSA) is 64.4 Å². The summed E-state index contributed by atoms with van der Waals surface area (Å²) in [4.78, 5) is 10.4. The number of nitrogens with one attached hydrogen (secondary N) is 1. The minimum Gasteiger partial charge on any atom is -0.489 e. The molecule has 21 heavy (non-hydrogen) atoms. The van der Waals surface area contributed by atoms with E-state index >= 15 is 0 Å². The molecule has 0 saturated carbocycles. The van der Waals surface area contributed by atoms with E-state index in [0.29, 0.717) is 15.9 Å². The molecule has 0 unspecified atom stereocenters. The highest BCUT2D eigenvalue weighted by atomic mass is 79.9. The monoisotopic (exact) mass is 354 g/mol. The molecule has 2 aromatic carbocycles. The van der Waals surface area contributed by atoms with Crippen LogP contribution in [0.3, 0.4) is 0 Å². The van der Waals surface area contributed by atoms with Crippen LogP contribution in [0.4, 0.5) is 15.8 Å². The maximum atomic E-state index is 13.1. The van der Waals surface area contributed by atoms with E-state index in [9.17, 15) is 14.5 Å². The van der Waals surface area contributed by atoms with E-state index < -0.39 is 4.92 Å². The highest BCUT2D eigenvalue weighted by molar-refractivity contribution is 9.10. The second kappa shape index (κ2) is 6.53. The highest BCUT2D eigenvalue weighted by Crippen LogP contribution is 2.26. The van der Waals surface area contributed by atoms with Crippen LogP contribution in [0.2, 0.25) is 0 Å². The molecule has 7 heteroatoms. The maximum Gasteiger partial charge on any atom is 0.292 e. The van der Waals surface area contributed by atoms with Gasteiger partial charge in [0.05, 0.1) is 9.40 Å². The Morgan fingerprint density at radius 1 is 1.33 bits per heavy atom. The van der Waals surface area contributed by atoms with E-state index in [1.165, 1.54) is 24.3 Å². The molecule has 2 rings (SSSR count). The summed E-state index contributed by atoms with van der Waals surface area (Å²) < 4.78 is 19.0. The van der Waals surface area contributed by atoms with Crippen LogP contribution in [0.5, 0.6) is 5.75 Å². The van der Waals surface area contributed by atoms with Gasteiger partial charge in [0.15, 0.2) is 0 Å². The van der Waals surface area contributed by atoms with E-state index in [4.69, 9.17) is 4.74 Å². The third kappa shape index (κ3) is 3.69. The SMILES string of the molecule is CNc1cc(COc2ccc(F)c(Br)c2)ccc1[N+](=O)[O-]. The minimum atomic E-state index is -0.451. The molecule has 0 spiro atoms. The molecule has 0 atom stereocenters. The van der Waals surface area contributed by atoms with Crippen molar-refractivity contribution in [1.82, 2.24) is 0 Å². The van der Waals surface area contributed by atoms with E-state index in [1.54, 1.807) is 19.2 Å². The molecule has 0 aliphatic carbocycles. The van der Waals surface area contributed by atoms with Crippen molar-refractivity contribution < 1.29 is 14.1 Å². The molecule has 0 heterocycles. The first-order chi connectivity index (χ1) is 10.0. The van der Waals surface area contributed by atoms with Crippen LogP contribution in [0.25, 0.3) is 0 Å². The number of anilines is 1. The van der Waals surface area contributed by atoms with Crippen LogP contribution < -0.4 is 10.1 Å². The van der Waals surface area contributed by atoms with Gasteiger partial charge in [0.2, 0.25) is 0 Å². The predicted octanol–water partition coefficient (Wildman–Crippen LogP) is 4.12. The minimum absolute atomic E-state index is 0.00535. The van der Waals surface area contributed by atoms with Crippen LogP contribution in [0.15, 0.2) is 40.9 Å². The molecule has 0 amide bonds. The molecule has 0 radical (unpaired) electrons. The van der Waals surface area contributed by atoms with Gasteiger partial charge in [0.1, 0.15) is 23.9 Å². The summed E-state index contributed by atoms with van der Waals surface area (Å²) in [5, 5.41) is 13.6. The van der Waals surface area contributed by atoms with Gasteiger partial charge in [-0.15, -0.1) is 0 Å². The third-order valence-electron chi connectivity index (χ3n) is 2.82. The van der Waals surface area contributed by atoms with Crippen molar-refractivity contribution in [3.05, 3.63) is 62.4 Å². The molecular weight excluding hydrogens is 343 g/mol. The van der Waals surface area contributed by atoms with Crippen molar-refractivity contribution in [2.45, 2.75) is 6.61 Å². The van der Waals surface area contributed by atoms with E-state index in [0.717, 1.165) is 5.56 Å². The van der Waals surface area contributed by atoms with Crippen molar-refractivity contribution >= 4 is 27.3 Å². The molecule has 0 aliphatic heterocycles. The van der Waals surface area contributed by atoms with Gasteiger partial charge in [-0.1, -0.05) is 0 Å². The summed E-state index contributed by atoms with van der Waals surface area (Å²) in [6, 6.07) is 9.04. The summed E-state index contributed by atoms with van der Waals surface area (Å²) in [6.07, 6.45) is 0. The van der Waals surface area contributed by atoms with Gasteiger partial charge in [0, 0.05) is 13.1 Å². The van der Waals surface area contributed by atoms with Gasteiger partial charge in [-0.05, 0) is 51.8 Å². The Bertz CT molecular complexity index is 679. The quantitative estimate of drug-likeness (QED) is 0.647. The Morgan fingerprint density at radius 3 is 2.71 bits per heavy atom. The lowest BCUT2D eigenvalue weighted by Crippen LogP contribution is -2.00. The molecule has 0 aromatic heterocycles. The van der Waals surface area contributed by atoms with E-state index in [1.807, 2.05) is 0 Å². The van der Waals surface area contributed by atoms with Gasteiger partial charge >= 0.3 is 0 Å². The highest BCUT2D eigenvalue weighted by Gasteiger charge is 2.13. The maximum absolute atomic E-state index is 13.1. The Morgan fingerprint density at radius 2 is 2.10 bits per heavy atom. The average Bonchev–Trinajstić information content (AvgIpc) is 2.48.